The summed E-state index contributed by atoms with van der Waals surface area (Å²) in [6, 6.07) is 0. The van der Waals surface area contributed by atoms with Crippen LogP contribution in [0.5, 0.6) is 0 Å². The molecule has 0 N–H and O–H groups in total. The molecule has 0 bridgehead atoms. The zero-order valence-electron chi connectivity index (χ0n) is 5.13. The van der Waals surface area contributed by atoms with Gasteiger partial charge in [0.15, 0.2) is 0 Å². The van der Waals surface area contributed by atoms with Gasteiger partial charge in [-0.2, -0.15) is 0 Å². The number of hydrogen-bond acceptors (Lipinski definition) is 1. The Balaban J connectivity index is 2.84. The van der Waals surface area contributed by atoms with Crippen LogP contribution in [-0.4, -0.2) is 11.4 Å². The summed E-state index contributed by atoms with van der Waals surface area (Å²) in [5.74, 6) is -0.848. The van der Waals surface area contributed by atoms with Gasteiger partial charge in [0.2, 0.25) is 5.13 Å². The van der Waals surface area contributed by atoms with Gasteiger partial charge in [-0.3, -0.25) is 0 Å². The molecule has 1 aliphatic rings. The van der Waals surface area contributed by atoms with E-state index in [1.54, 1.807) is 6.08 Å². The normalized spacial score (nSPS) is 38.0. The van der Waals surface area contributed by atoms with Crippen LogP contribution in [0, 0.1) is 5.92 Å². The summed E-state index contributed by atoms with van der Waals surface area (Å²) in [6.07, 6.45) is 6.16. The Morgan fingerprint density at radius 2 is 2.30 bits per heavy atom. The average molecular weight is 161 g/mol. The van der Waals surface area contributed by atoms with Gasteiger partial charge in [0.25, 0.3) is 0 Å². The van der Waals surface area contributed by atoms with Crippen molar-refractivity contribution in [3.8, 4) is 0 Å². The highest BCUT2D eigenvalue weighted by molar-refractivity contribution is 6.25. The fraction of sp³-hybridized carbons (Fsp3) is 0.286. The Hall–Kier alpha value is -0.630. The molecule has 1 aliphatic carbocycles. The minimum atomic E-state index is -2.02. The molecule has 0 saturated carbocycles. The second-order valence-electron chi connectivity index (χ2n) is 2.08. The van der Waals surface area contributed by atoms with Gasteiger partial charge >= 0.3 is 0 Å². The van der Waals surface area contributed by atoms with Gasteiger partial charge in [-0.15, -0.1) is 0 Å². The first-order valence-corrected chi connectivity index (χ1v) is 3.24. The molecule has 0 aromatic carbocycles. The summed E-state index contributed by atoms with van der Waals surface area (Å²) < 4.78 is 12.9. The van der Waals surface area contributed by atoms with Gasteiger partial charge < -0.3 is 4.79 Å². The Morgan fingerprint density at radius 1 is 1.60 bits per heavy atom. The average Bonchev–Trinajstić information content (AvgIpc) is 1.87. The molecule has 3 heteroatoms. The standard InChI is InChI=1S/C7H6ClFO/c8-7(9)4-2-1-3-6(7)5-10/h1-6H. The van der Waals surface area contributed by atoms with Crippen molar-refractivity contribution in [3.05, 3.63) is 24.3 Å². The third-order valence-corrected chi connectivity index (χ3v) is 1.72. The van der Waals surface area contributed by atoms with Crippen LogP contribution in [0.1, 0.15) is 0 Å². The second kappa shape index (κ2) is 2.54. The SMILES string of the molecule is O=CC1C=CC=CC1(F)Cl. The zero-order valence-corrected chi connectivity index (χ0v) is 5.88. The lowest BCUT2D eigenvalue weighted by atomic mass is 10.0. The number of rotatable bonds is 1. The highest BCUT2D eigenvalue weighted by atomic mass is 35.5. The Bertz CT molecular complexity index is 196. The number of halogens is 2. The first kappa shape index (κ1) is 7.48. The number of alkyl halides is 2. The van der Waals surface area contributed by atoms with Crippen molar-refractivity contribution in [3.63, 3.8) is 0 Å². The van der Waals surface area contributed by atoms with Crippen molar-refractivity contribution in [2.24, 2.45) is 5.92 Å². The van der Waals surface area contributed by atoms with E-state index in [-0.39, 0.29) is 0 Å². The molecule has 2 atom stereocenters. The van der Waals surface area contributed by atoms with Gasteiger partial charge in [0.05, 0.1) is 5.92 Å². The molecule has 0 aromatic rings. The molecule has 10 heavy (non-hydrogen) atoms. The van der Waals surface area contributed by atoms with Crippen LogP contribution in [0.4, 0.5) is 4.39 Å². The monoisotopic (exact) mass is 160 g/mol. The number of allylic oxidation sites excluding steroid dienone is 4. The van der Waals surface area contributed by atoms with Crippen LogP contribution in [0.3, 0.4) is 0 Å². The van der Waals surface area contributed by atoms with Gasteiger partial charge in [-0.25, -0.2) is 4.39 Å². The van der Waals surface area contributed by atoms with Crippen LogP contribution in [0.15, 0.2) is 24.3 Å². The van der Waals surface area contributed by atoms with Gasteiger partial charge in [0, 0.05) is 0 Å². The number of carbonyl (C=O) groups is 1. The van der Waals surface area contributed by atoms with E-state index in [2.05, 4.69) is 0 Å². The third kappa shape index (κ3) is 1.27. The van der Waals surface area contributed by atoms with E-state index in [9.17, 15) is 9.18 Å². The predicted octanol–water partition coefficient (Wildman–Crippen LogP) is 1.83. The van der Waals surface area contributed by atoms with E-state index in [0.29, 0.717) is 6.29 Å². The fourth-order valence-corrected chi connectivity index (χ4v) is 0.940. The molecule has 0 radical (unpaired) electrons. The highest BCUT2D eigenvalue weighted by Gasteiger charge is 2.33. The molecule has 0 fully saturated rings. The van der Waals surface area contributed by atoms with E-state index in [1.165, 1.54) is 12.2 Å². The molecule has 2 unspecified atom stereocenters. The molecule has 0 saturated heterocycles. The van der Waals surface area contributed by atoms with Crippen molar-refractivity contribution < 1.29 is 9.18 Å². The van der Waals surface area contributed by atoms with Crippen molar-refractivity contribution in [2.45, 2.75) is 5.13 Å². The summed E-state index contributed by atoms with van der Waals surface area (Å²) in [5.41, 5.74) is 0. The summed E-state index contributed by atoms with van der Waals surface area (Å²) in [6.45, 7) is 0. The van der Waals surface area contributed by atoms with Crippen LogP contribution in [0.25, 0.3) is 0 Å². The zero-order chi connectivity index (χ0) is 7.61. The van der Waals surface area contributed by atoms with Crippen LogP contribution >= 0.6 is 11.6 Å². The minimum Gasteiger partial charge on any atom is -0.303 e. The van der Waals surface area contributed by atoms with E-state index >= 15 is 0 Å². The Labute approximate surface area is 63.2 Å². The van der Waals surface area contributed by atoms with E-state index in [0.717, 1.165) is 6.08 Å². The molecule has 0 heterocycles. The number of carbonyl (C=O) groups excluding carboxylic acids is 1. The molecule has 1 rings (SSSR count). The topological polar surface area (TPSA) is 17.1 Å². The highest BCUT2D eigenvalue weighted by Crippen LogP contribution is 2.31. The summed E-state index contributed by atoms with van der Waals surface area (Å²) in [5, 5.41) is -2.02. The maximum atomic E-state index is 12.9. The molecule has 0 spiro atoms. The number of aldehydes is 1. The third-order valence-electron chi connectivity index (χ3n) is 1.34. The van der Waals surface area contributed by atoms with Crippen molar-refractivity contribution >= 4 is 17.9 Å². The molecule has 0 aromatic heterocycles. The van der Waals surface area contributed by atoms with Crippen molar-refractivity contribution in [1.29, 1.82) is 0 Å². The van der Waals surface area contributed by atoms with Crippen LogP contribution < -0.4 is 0 Å². The van der Waals surface area contributed by atoms with E-state index < -0.39 is 11.0 Å². The maximum absolute atomic E-state index is 12.9. The summed E-state index contributed by atoms with van der Waals surface area (Å²) in [4.78, 5) is 10.2. The smallest absolute Gasteiger partial charge is 0.215 e. The first-order valence-electron chi connectivity index (χ1n) is 2.86. The van der Waals surface area contributed by atoms with Crippen LogP contribution in [-0.2, 0) is 4.79 Å². The van der Waals surface area contributed by atoms with Gasteiger partial charge in [-0.1, -0.05) is 29.8 Å². The Kier molecular flexibility index (Phi) is 1.90. The largest absolute Gasteiger partial charge is 0.303 e. The quantitative estimate of drug-likeness (QED) is 0.423. The molecule has 54 valence electrons. The lowest BCUT2D eigenvalue weighted by molar-refractivity contribution is -0.111. The minimum absolute atomic E-state index is 0.493. The summed E-state index contributed by atoms with van der Waals surface area (Å²) in [7, 11) is 0. The predicted molar refractivity (Wildman–Crippen MR) is 37.5 cm³/mol. The maximum Gasteiger partial charge on any atom is 0.215 e. The van der Waals surface area contributed by atoms with Crippen molar-refractivity contribution in [2.75, 3.05) is 0 Å². The van der Waals surface area contributed by atoms with Gasteiger partial charge in [-0.05, 0) is 6.08 Å². The molecule has 0 aliphatic heterocycles. The molecule has 1 nitrogen and oxygen atoms in total. The molecular formula is C7H6ClFO. The molecule has 0 amide bonds. The second-order valence-corrected chi connectivity index (χ2v) is 2.66. The molecular weight excluding hydrogens is 155 g/mol. The van der Waals surface area contributed by atoms with Crippen LogP contribution in [0.2, 0.25) is 0 Å². The van der Waals surface area contributed by atoms with Crippen molar-refractivity contribution in [1.82, 2.24) is 0 Å². The summed E-state index contributed by atoms with van der Waals surface area (Å²) >= 11 is 5.30. The van der Waals surface area contributed by atoms with E-state index in [4.69, 9.17) is 11.6 Å². The fourth-order valence-electron chi connectivity index (χ4n) is 0.743. The Morgan fingerprint density at radius 3 is 2.70 bits per heavy atom. The van der Waals surface area contributed by atoms with Gasteiger partial charge in [0.1, 0.15) is 6.29 Å². The first-order chi connectivity index (χ1) is 4.67. The number of hydrogen-bond donors (Lipinski definition) is 0. The lowest BCUT2D eigenvalue weighted by Crippen LogP contribution is -2.25. The lowest BCUT2D eigenvalue weighted by Gasteiger charge is -2.19. The van der Waals surface area contributed by atoms with E-state index in [1.807, 2.05) is 0 Å².